The molecule has 2 aromatic carbocycles. The molecule has 0 saturated carbocycles. The molecule has 0 aliphatic heterocycles. The van der Waals surface area contributed by atoms with Crippen molar-refractivity contribution >= 4 is 35.0 Å². The van der Waals surface area contributed by atoms with Crippen molar-refractivity contribution in [3.05, 3.63) is 70.4 Å². The Hall–Kier alpha value is -1.75. The monoisotopic (exact) mass is 544 g/mol. The Morgan fingerprint density at radius 1 is 0.778 bits per heavy atom. The number of anilines is 1. The average Bonchev–Trinajstić information content (AvgIpc) is 2.81. The molecule has 2 aromatic rings. The fourth-order valence-electron chi connectivity index (χ4n) is 4.62. The summed E-state index contributed by atoms with van der Waals surface area (Å²) in [4.78, 5) is 5.25. The Labute approximate surface area is 230 Å². The predicted octanol–water partition coefficient (Wildman–Crippen LogP) is 9.17. The Kier molecular flexibility index (Phi) is 11.6. The summed E-state index contributed by atoms with van der Waals surface area (Å²) < 4.78 is 5.19. The zero-order valence-corrected chi connectivity index (χ0v) is 27.4. The Morgan fingerprint density at radius 3 is 1.58 bits per heavy atom. The van der Waals surface area contributed by atoms with Gasteiger partial charge in [-0.25, -0.2) is 0 Å². The number of para-hydroxylation sites is 2. The van der Waals surface area contributed by atoms with Gasteiger partial charge in [-0.15, -0.1) is 0 Å². The summed E-state index contributed by atoms with van der Waals surface area (Å²) in [6, 6.07) is 13.5. The van der Waals surface area contributed by atoms with Gasteiger partial charge in [-0.3, -0.25) is 0 Å². The standard InChI is InChI=1S/C29H41N2.C3H8N.Ga/c1-18(2)24-13-11-14-25(19(3)4)28(24)30-22(9)17-23(10)31-29-26(20(5)6)15-12-16-27(29)21(7)8;1-3-4-2;/h11-21H,1-10H3;3H2,1-2H3;/q2*-1;+2/b22-17-,31-23?;;. The molecule has 0 aliphatic carbocycles. The van der Waals surface area contributed by atoms with E-state index in [-0.39, 0.29) is 0 Å². The summed E-state index contributed by atoms with van der Waals surface area (Å²) >= 11 is -0.909. The van der Waals surface area contributed by atoms with E-state index in [2.05, 4.69) is 133 Å². The first-order valence-corrected chi connectivity index (χ1v) is 15.9. The predicted molar refractivity (Wildman–Crippen MR) is 162 cm³/mol. The Bertz CT molecular complexity index is 1010. The van der Waals surface area contributed by atoms with Crippen molar-refractivity contribution in [1.29, 1.82) is 0 Å². The minimum atomic E-state index is -0.909. The summed E-state index contributed by atoms with van der Waals surface area (Å²) in [5.41, 5.74) is 10.5. The molecule has 3 nitrogen and oxygen atoms in total. The van der Waals surface area contributed by atoms with Crippen molar-refractivity contribution in [3.63, 3.8) is 0 Å². The fourth-order valence-corrected chi connectivity index (χ4v) is 7.19. The molecular weight excluding hydrogens is 496 g/mol. The van der Waals surface area contributed by atoms with E-state index in [1.165, 1.54) is 33.6 Å². The molecule has 195 valence electrons. The number of rotatable bonds is 11. The van der Waals surface area contributed by atoms with E-state index in [1.54, 1.807) is 0 Å². The second-order valence-electron chi connectivity index (χ2n) is 11.3. The number of hydrogen-bond acceptors (Lipinski definition) is 3. The quantitative estimate of drug-likeness (QED) is 0.207. The first-order chi connectivity index (χ1) is 16.9. The second-order valence-corrected chi connectivity index (χ2v) is 14.7. The molecule has 0 unspecified atom stereocenters. The van der Waals surface area contributed by atoms with Gasteiger partial charge in [-0.2, -0.15) is 0 Å². The van der Waals surface area contributed by atoms with E-state index in [1.807, 2.05) is 0 Å². The van der Waals surface area contributed by atoms with Crippen molar-refractivity contribution in [2.75, 3.05) is 17.2 Å². The summed E-state index contributed by atoms with van der Waals surface area (Å²) in [5, 5.41) is 0. The number of allylic oxidation sites excluding steroid dienone is 2. The molecule has 0 heterocycles. The van der Waals surface area contributed by atoms with Crippen LogP contribution in [0.3, 0.4) is 0 Å². The summed E-state index contributed by atoms with van der Waals surface area (Å²) in [5.74, 6) is 1.82. The van der Waals surface area contributed by atoms with Crippen LogP contribution in [-0.4, -0.2) is 40.8 Å². The summed E-state index contributed by atoms with van der Waals surface area (Å²) in [7, 11) is 2.27. The van der Waals surface area contributed by atoms with Gasteiger partial charge < -0.3 is 0 Å². The van der Waals surface area contributed by atoms with Crippen molar-refractivity contribution in [2.24, 2.45) is 4.99 Å². The van der Waals surface area contributed by atoms with Crippen LogP contribution in [0.15, 0.2) is 53.2 Å². The van der Waals surface area contributed by atoms with Crippen LogP contribution >= 0.6 is 0 Å². The third-order valence-corrected chi connectivity index (χ3v) is 10.3. The van der Waals surface area contributed by atoms with E-state index in [9.17, 15) is 0 Å². The van der Waals surface area contributed by atoms with Crippen LogP contribution in [0, 0.1) is 0 Å². The van der Waals surface area contributed by atoms with Gasteiger partial charge in [-0.1, -0.05) is 0 Å². The Morgan fingerprint density at radius 2 is 1.19 bits per heavy atom. The van der Waals surface area contributed by atoms with E-state index >= 15 is 0 Å². The average molecular weight is 545 g/mol. The van der Waals surface area contributed by atoms with E-state index in [0.717, 1.165) is 17.9 Å². The number of hydrogen-bond donors (Lipinski definition) is 0. The molecule has 0 saturated heterocycles. The molecule has 0 aromatic heterocycles. The van der Waals surface area contributed by atoms with Crippen molar-refractivity contribution in [1.82, 2.24) is 3.61 Å². The summed E-state index contributed by atoms with van der Waals surface area (Å²) in [6.45, 7) is 26.1. The van der Waals surface area contributed by atoms with Gasteiger partial charge in [-0.05, 0) is 0 Å². The van der Waals surface area contributed by atoms with Crippen molar-refractivity contribution in [2.45, 2.75) is 99.8 Å². The van der Waals surface area contributed by atoms with Gasteiger partial charge in [0.25, 0.3) is 0 Å². The van der Waals surface area contributed by atoms with Crippen molar-refractivity contribution in [3.8, 4) is 0 Å². The van der Waals surface area contributed by atoms with Crippen LogP contribution < -0.4 is 3.61 Å². The zero-order chi connectivity index (χ0) is 27.2. The van der Waals surface area contributed by atoms with Gasteiger partial charge in [0.15, 0.2) is 0 Å². The third-order valence-electron chi connectivity index (χ3n) is 6.82. The maximum atomic E-state index is 5.25. The van der Waals surface area contributed by atoms with E-state index < -0.39 is 17.9 Å². The third kappa shape index (κ3) is 7.63. The SMILES string of the molecule is CC[N](C)[Ga][N](/C(C)=C\C(C)=Nc1c(C(C)C)cccc1C(C)C)c1c(C(C)C)cccc1C(C)C. The van der Waals surface area contributed by atoms with Crippen LogP contribution in [-0.2, 0) is 0 Å². The molecule has 2 rings (SSSR count). The first kappa shape index (κ1) is 30.5. The van der Waals surface area contributed by atoms with Gasteiger partial charge >= 0.3 is 231 Å². The van der Waals surface area contributed by atoms with Crippen LogP contribution in [0.4, 0.5) is 11.4 Å². The molecule has 0 aliphatic rings. The molecule has 0 atom stereocenters. The van der Waals surface area contributed by atoms with Crippen LogP contribution in [0.2, 0.25) is 0 Å². The molecular formula is C32H49GaN3. The fraction of sp³-hybridized carbons (Fsp3) is 0.531. The van der Waals surface area contributed by atoms with Gasteiger partial charge in [0.2, 0.25) is 0 Å². The topological polar surface area (TPSA) is 18.8 Å². The molecule has 0 fully saturated rings. The molecule has 0 N–H and O–H groups in total. The van der Waals surface area contributed by atoms with Gasteiger partial charge in [0.1, 0.15) is 0 Å². The molecule has 36 heavy (non-hydrogen) atoms. The minimum absolute atomic E-state index is 0.440. The maximum absolute atomic E-state index is 5.25. The number of aliphatic imine (C=N–C) groups is 1. The molecule has 0 spiro atoms. The zero-order valence-electron chi connectivity index (χ0n) is 25.0. The molecule has 4 heteroatoms. The van der Waals surface area contributed by atoms with Crippen LogP contribution in [0.25, 0.3) is 0 Å². The number of benzene rings is 2. The van der Waals surface area contributed by atoms with Crippen LogP contribution in [0.1, 0.15) is 122 Å². The molecule has 0 bridgehead atoms. The van der Waals surface area contributed by atoms with E-state index in [0.29, 0.717) is 23.7 Å². The van der Waals surface area contributed by atoms with Crippen molar-refractivity contribution < 1.29 is 0 Å². The second kappa shape index (κ2) is 13.7. The van der Waals surface area contributed by atoms with Gasteiger partial charge in [0.05, 0.1) is 0 Å². The summed E-state index contributed by atoms with van der Waals surface area (Å²) in [6.07, 6.45) is 2.31. The van der Waals surface area contributed by atoms with Gasteiger partial charge in [0, 0.05) is 0 Å². The number of nitrogens with zero attached hydrogens (tertiary/aromatic N) is 3. The van der Waals surface area contributed by atoms with Crippen LogP contribution in [0.5, 0.6) is 0 Å². The normalized spacial score (nSPS) is 13.0. The molecule has 0 amide bonds. The molecule has 1 radical (unpaired) electrons. The first-order valence-electron chi connectivity index (χ1n) is 13.7. The van der Waals surface area contributed by atoms with E-state index in [4.69, 9.17) is 4.99 Å². The Balaban J connectivity index is 2.70.